The summed E-state index contributed by atoms with van der Waals surface area (Å²) in [6.07, 6.45) is 5.21. The average molecular weight is 170 g/mol. The van der Waals surface area contributed by atoms with Crippen molar-refractivity contribution in [3.63, 3.8) is 0 Å². The van der Waals surface area contributed by atoms with Gasteiger partial charge in [0.05, 0.1) is 6.10 Å². The van der Waals surface area contributed by atoms with Crippen LogP contribution in [0.15, 0.2) is 0 Å². The lowest BCUT2D eigenvalue weighted by Gasteiger charge is -2.32. The van der Waals surface area contributed by atoms with E-state index in [1.807, 2.05) is 0 Å². The molecule has 3 N–H and O–H groups in total. The lowest BCUT2D eigenvalue weighted by Crippen LogP contribution is -2.49. The molecule has 70 valence electrons. The van der Waals surface area contributed by atoms with Crippen molar-refractivity contribution in [2.75, 3.05) is 7.11 Å². The standard InChI is InChI=1S/C9H18N2O/c1-6-7(11-10)8(12-5)9(2,3)4/h1,7-8,11H,10H2,2-5H3. The Hall–Kier alpha value is -0.560. The summed E-state index contributed by atoms with van der Waals surface area (Å²) in [5.74, 6) is 7.83. The number of terminal acetylenes is 1. The van der Waals surface area contributed by atoms with Crippen molar-refractivity contribution in [2.24, 2.45) is 11.3 Å². The predicted octanol–water partition coefficient (Wildman–Crippen LogP) is 0.513. The molecule has 0 fully saturated rings. The number of ether oxygens (including phenoxy) is 1. The van der Waals surface area contributed by atoms with E-state index in [1.165, 1.54) is 0 Å². The molecular weight excluding hydrogens is 152 g/mol. The van der Waals surface area contributed by atoms with Crippen molar-refractivity contribution < 1.29 is 4.74 Å². The first-order valence-electron chi connectivity index (χ1n) is 3.92. The van der Waals surface area contributed by atoms with E-state index >= 15 is 0 Å². The highest BCUT2D eigenvalue weighted by Gasteiger charge is 2.30. The lowest BCUT2D eigenvalue weighted by molar-refractivity contribution is 0.00237. The van der Waals surface area contributed by atoms with E-state index in [0.29, 0.717) is 0 Å². The monoisotopic (exact) mass is 170 g/mol. The molecule has 0 aliphatic rings. The molecule has 2 unspecified atom stereocenters. The number of hydrogen-bond donors (Lipinski definition) is 2. The molecule has 2 atom stereocenters. The van der Waals surface area contributed by atoms with E-state index in [4.69, 9.17) is 17.0 Å². The quantitative estimate of drug-likeness (QED) is 0.368. The molecule has 0 amide bonds. The fourth-order valence-electron chi connectivity index (χ4n) is 1.21. The van der Waals surface area contributed by atoms with Gasteiger partial charge in [-0.2, -0.15) is 0 Å². The van der Waals surface area contributed by atoms with Crippen LogP contribution in [0.25, 0.3) is 0 Å². The van der Waals surface area contributed by atoms with Crippen molar-refractivity contribution in [1.82, 2.24) is 5.43 Å². The van der Waals surface area contributed by atoms with Crippen LogP contribution < -0.4 is 11.3 Å². The van der Waals surface area contributed by atoms with Crippen molar-refractivity contribution >= 4 is 0 Å². The van der Waals surface area contributed by atoms with E-state index in [0.717, 1.165) is 0 Å². The van der Waals surface area contributed by atoms with Crippen LogP contribution in [-0.4, -0.2) is 19.3 Å². The van der Waals surface area contributed by atoms with Crippen LogP contribution in [0.2, 0.25) is 0 Å². The fraction of sp³-hybridized carbons (Fsp3) is 0.778. The zero-order valence-electron chi connectivity index (χ0n) is 8.22. The second kappa shape index (κ2) is 4.46. The third-order valence-corrected chi connectivity index (χ3v) is 1.77. The van der Waals surface area contributed by atoms with Crippen LogP contribution in [0.4, 0.5) is 0 Å². The van der Waals surface area contributed by atoms with Gasteiger partial charge < -0.3 is 4.74 Å². The summed E-state index contributed by atoms with van der Waals surface area (Å²) < 4.78 is 5.27. The van der Waals surface area contributed by atoms with Gasteiger partial charge in [0.15, 0.2) is 0 Å². The highest BCUT2D eigenvalue weighted by molar-refractivity contribution is 5.05. The van der Waals surface area contributed by atoms with Crippen LogP contribution in [0.1, 0.15) is 20.8 Å². The van der Waals surface area contributed by atoms with Gasteiger partial charge in [0, 0.05) is 7.11 Å². The van der Waals surface area contributed by atoms with Gasteiger partial charge in [-0.15, -0.1) is 6.42 Å². The van der Waals surface area contributed by atoms with Crippen LogP contribution in [-0.2, 0) is 4.74 Å². The molecule has 0 aliphatic carbocycles. The first kappa shape index (κ1) is 11.4. The third kappa shape index (κ3) is 2.82. The zero-order chi connectivity index (χ0) is 9.78. The largest absolute Gasteiger partial charge is 0.378 e. The summed E-state index contributed by atoms with van der Waals surface area (Å²) in [5.41, 5.74) is 2.53. The van der Waals surface area contributed by atoms with E-state index in [1.54, 1.807) is 7.11 Å². The minimum absolute atomic E-state index is 0.0157. The van der Waals surface area contributed by atoms with Crippen LogP contribution in [0.3, 0.4) is 0 Å². The van der Waals surface area contributed by atoms with Gasteiger partial charge in [0.25, 0.3) is 0 Å². The van der Waals surface area contributed by atoms with Crippen molar-refractivity contribution in [3.05, 3.63) is 0 Å². The topological polar surface area (TPSA) is 47.3 Å². The SMILES string of the molecule is C#CC(NN)C(OC)C(C)(C)C. The molecule has 0 saturated heterocycles. The summed E-state index contributed by atoms with van der Waals surface area (Å²) in [7, 11) is 1.64. The minimum Gasteiger partial charge on any atom is -0.378 e. The minimum atomic E-state index is -0.241. The molecule has 0 heterocycles. The van der Waals surface area contributed by atoms with Gasteiger partial charge in [0.1, 0.15) is 6.04 Å². The Kier molecular flexibility index (Phi) is 4.25. The average Bonchev–Trinajstić information content (AvgIpc) is 1.97. The Balaban J connectivity index is 4.45. The van der Waals surface area contributed by atoms with Crippen molar-refractivity contribution in [3.8, 4) is 12.3 Å². The van der Waals surface area contributed by atoms with Crippen molar-refractivity contribution in [1.29, 1.82) is 0 Å². The molecule has 0 aromatic carbocycles. The number of nitrogens with two attached hydrogens (primary N) is 1. The molecule has 0 saturated carbocycles. The summed E-state index contributed by atoms with van der Waals surface area (Å²) in [6.45, 7) is 6.18. The number of hydrogen-bond acceptors (Lipinski definition) is 3. The maximum atomic E-state index is 5.28. The molecule has 0 aromatic rings. The van der Waals surface area contributed by atoms with Crippen LogP contribution in [0, 0.1) is 17.8 Å². The van der Waals surface area contributed by atoms with Crippen LogP contribution in [0.5, 0.6) is 0 Å². The number of rotatable bonds is 3. The Labute approximate surface area is 74.6 Å². The van der Waals surface area contributed by atoms with E-state index in [-0.39, 0.29) is 17.6 Å². The van der Waals surface area contributed by atoms with Gasteiger partial charge in [-0.3, -0.25) is 5.84 Å². The normalized spacial score (nSPS) is 16.7. The summed E-state index contributed by atoms with van der Waals surface area (Å²) >= 11 is 0. The molecule has 3 heteroatoms. The highest BCUT2D eigenvalue weighted by Crippen LogP contribution is 2.23. The second-order valence-corrected chi connectivity index (χ2v) is 3.83. The second-order valence-electron chi connectivity index (χ2n) is 3.83. The molecule has 0 aromatic heterocycles. The molecule has 12 heavy (non-hydrogen) atoms. The Bertz CT molecular complexity index is 166. The zero-order valence-corrected chi connectivity index (χ0v) is 8.22. The summed E-state index contributed by atoms with van der Waals surface area (Å²) in [6, 6.07) is -0.241. The third-order valence-electron chi connectivity index (χ3n) is 1.77. The van der Waals surface area contributed by atoms with E-state index < -0.39 is 0 Å². The molecule has 3 nitrogen and oxygen atoms in total. The fourth-order valence-corrected chi connectivity index (χ4v) is 1.21. The molecule has 0 rings (SSSR count). The Morgan fingerprint density at radius 1 is 1.50 bits per heavy atom. The highest BCUT2D eigenvalue weighted by atomic mass is 16.5. The first-order valence-corrected chi connectivity index (χ1v) is 3.92. The molecule has 0 aliphatic heterocycles. The molecular formula is C9H18N2O. The van der Waals surface area contributed by atoms with E-state index in [2.05, 4.69) is 32.1 Å². The summed E-state index contributed by atoms with van der Waals surface area (Å²) in [4.78, 5) is 0. The maximum absolute atomic E-state index is 5.28. The lowest BCUT2D eigenvalue weighted by atomic mass is 9.85. The van der Waals surface area contributed by atoms with Crippen molar-refractivity contribution in [2.45, 2.75) is 32.9 Å². The Morgan fingerprint density at radius 3 is 2.08 bits per heavy atom. The van der Waals surface area contributed by atoms with Gasteiger partial charge in [-0.1, -0.05) is 26.7 Å². The van der Waals surface area contributed by atoms with Crippen LogP contribution >= 0.6 is 0 Å². The molecule has 0 spiro atoms. The number of hydrazine groups is 1. The van der Waals surface area contributed by atoms with Gasteiger partial charge >= 0.3 is 0 Å². The smallest absolute Gasteiger partial charge is 0.108 e. The molecule has 0 bridgehead atoms. The number of methoxy groups -OCH3 is 1. The number of nitrogens with one attached hydrogen (secondary N) is 1. The first-order chi connectivity index (χ1) is 5.47. The maximum Gasteiger partial charge on any atom is 0.108 e. The summed E-state index contributed by atoms with van der Waals surface area (Å²) in [5, 5.41) is 0. The molecule has 0 radical (unpaired) electrons. The van der Waals surface area contributed by atoms with Gasteiger partial charge in [-0.25, -0.2) is 5.43 Å². The predicted molar refractivity (Wildman–Crippen MR) is 50.2 cm³/mol. The Morgan fingerprint density at radius 2 is 2.00 bits per heavy atom. The van der Waals surface area contributed by atoms with Gasteiger partial charge in [0.2, 0.25) is 0 Å². The van der Waals surface area contributed by atoms with Gasteiger partial charge in [-0.05, 0) is 5.41 Å². The van der Waals surface area contributed by atoms with E-state index in [9.17, 15) is 0 Å².